The van der Waals surface area contributed by atoms with E-state index in [4.69, 9.17) is 4.74 Å². The number of amides is 1. The topological polar surface area (TPSA) is 59.0 Å². The van der Waals surface area contributed by atoms with Crippen molar-refractivity contribution in [2.75, 3.05) is 11.4 Å². The number of benzene rings is 1. The van der Waals surface area contributed by atoms with Gasteiger partial charge in [0.15, 0.2) is 0 Å². The van der Waals surface area contributed by atoms with Crippen molar-refractivity contribution in [1.29, 1.82) is 0 Å². The third-order valence-corrected chi connectivity index (χ3v) is 2.90. The summed E-state index contributed by atoms with van der Waals surface area (Å²) >= 11 is 0. The molecule has 19 heavy (non-hydrogen) atoms. The summed E-state index contributed by atoms with van der Waals surface area (Å²) in [5.74, 6) is 0. The van der Waals surface area contributed by atoms with Crippen LogP contribution in [0.4, 0.5) is 10.5 Å². The molecule has 0 bridgehead atoms. The molecule has 0 atom stereocenters. The summed E-state index contributed by atoms with van der Waals surface area (Å²) in [5.41, 5.74) is 2.30. The third kappa shape index (κ3) is 3.10. The van der Waals surface area contributed by atoms with Gasteiger partial charge in [-0.1, -0.05) is 17.3 Å². The summed E-state index contributed by atoms with van der Waals surface area (Å²) in [6.45, 7) is 6.32. The number of ether oxygens (including phenoxy) is 1. The molecule has 0 N–H and O–H groups in total. The molecule has 0 saturated heterocycles. The van der Waals surface area contributed by atoms with E-state index in [0.29, 0.717) is 6.54 Å². The molecule has 1 amide bonds. The van der Waals surface area contributed by atoms with Crippen LogP contribution in [0.5, 0.6) is 0 Å². The maximum Gasteiger partial charge on any atom is 0.414 e. The number of carbonyl (C=O) groups is 1. The Kier molecular flexibility index (Phi) is 3.55. The summed E-state index contributed by atoms with van der Waals surface area (Å²) in [6, 6.07) is 5.61. The Morgan fingerprint density at radius 3 is 2.79 bits per heavy atom. The van der Waals surface area contributed by atoms with Gasteiger partial charge in [0.2, 0.25) is 0 Å². The summed E-state index contributed by atoms with van der Waals surface area (Å²) in [4.78, 5) is 24.0. The largest absolute Gasteiger partial charge is 0.443 e. The predicted molar refractivity (Wildman–Crippen MR) is 73.2 cm³/mol. The van der Waals surface area contributed by atoms with Gasteiger partial charge in [0.05, 0.1) is 5.69 Å². The van der Waals surface area contributed by atoms with E-state index in [2.05, 4.69) is 5.18 Å². The van der Waals surface area contributed by atoms with Crippen molar-refractivity contribution < 1.29 is 9.53 Å². The second-order valence-electron chi connectivity index (χ2n) is 5.63. The van der Waals surface area contributed by atoms with Gasteiger partial charge in [-0.15, -0.1) is 0 Å². The lowest BCUT2D eigenvalue weighted by Crippen LogP contribution is -2.35. The van der Waals surface area contributed by atoms with Crippen LogP contribution in [0.3, 0.4) is 0 Å². The van der Waals surface area contributed by atoms with Crippen LogP contribution in [-0.4, -0.2) is 18.2 Å². The second-order valence-corrected chi connectivity index (χ2v) is 5.63. The lowest BCUT2D eigenvalue weighted by atomic mass is 10.1. The molecule has 5 heteroatoms. The summed E-state index contributed by atoms with van der Waals surface area (Å²) < 4.78 is 5.37. The van der Waals surface area contributed by atoms with Crippen molar-refractivity contribution in [2.24, 2.45) is 5.18 Å². The molecule has 0 fully saturated rings. The minimum atomic E-state index is -0.499. The molecule has 102 valence electrons. The molecule has 0 radical (unpaired) electrons. The number of fused-ring (bicyclic) bond motifs is 1. The van der Waals surface area contributed by atoms with Crippen molar-refractivity contribution in [3.63, 3.8) is 0 Å². The summed E-state index contributed by atoms with van der Waals surface area (Å²) in [5, 5.41) is 2.88. The van der Waals surface area contributed by atoms with Gasteiger partial charge in [-0.3, -0.25) is 4.90 Å². The van der Waals surface area contributed by atoms with E-state index >= 15 is 0 Å². The molecule has 1 aliphatic rings. The third-order valence-electron chi connectivity index (χ3n) is 2.90. The maximum absolute atomic E-state index is 12.1. The Hall–Kier alpha value is -1.91. The standard InChI is InChI=1S/C14H18N2O3/c1-14(2,3)19-13(17)16-7-6-11-8-10(9-15-18)4-5-12(11)16/h4-5,8H,6-7,9H2,1-3H3. The number of anilines is 1. The summed E-state index contributed by atoms with van der Waals surface area (Å²) in [7, 11) is 0. The Morgan fingerprint density at radius 1 is 1.42 bits per heavy atom. The van der Waals surface area contributed by atoms with E-state index < -0.39 is 5.60 Å². The Balaban J connectivity index is 2.18. The minimum absolute atomic E-state index is 0.166. The molecule has 1 aromatic carbocycles. The highest BCUT2D eigenvalue weighted by Gasteiger charge is 2.28. The van der Waals surface area contributed by atoms with E-state index in [9.17, 15) is 9.70 Å². The Morgan fingerprint density at radius 2 is 2.16 bits per heavy atom. The Labute approximate surface area is 112 Å². The van der Waals surface area contributed by atoms with Gasteiger partial charge < -0.3 is 4.74 Å². The van der Waals surface area contributed by atoms with Crippen LogP contribution >= 0.6 is 0 Å². The fourth-order valence-corrected chi connectivity index (χ4v) is 2.13. The average molecular weight is 262 g/mol. The van der Waals surface area contributed by atoms with Gasteiger partial charge >= 0.3 is 6.09 Å². The Bertz CT molecular complexity index is 506. The van der Waals surface area contributed by atoms with Crippen molar-refractivity contribution in [2.45, 2.75) is 39.3 Å². The van der Waals surface area contributed by atoms with Gasteiger partial charge in [0, 0.05) is 6.54 Å². The summed E-state index contributed by atoms with van der Waals surface area (Å²) in [6.07, 6.45) is 0.453. The van der Waals surface area contributed by atoms with Gasteiger partial charge in [0.25, 0.3) is 0 Å². The number of nitroso groups, excluding NO2 is 1. The van der Waals surface area contributed by atoms with Gasteiger partial charge in [0.1, 0.15) is 12.1 Å². The minimum Gasteiger partial charge on any atom is -0.443 e. The highest BCUT2D eigenvalue weighted by atomic mass is 16.6. The zero-order chi connectivity index (χ0) is 14.0. The number of hydrogen-bond acceptors (Lipinski definition) is 4. The monoisotopic (exact) mass is 262 g/mol. The molecule has 0 aliphatic carbocycles. The smallest absolute Gasteiger partial charge is 0.414 e. The first-order valence-corrected chi connectivity index (χ1v) is 6.32. The highest BCUT2D eigenvalue weighted by molar-refractivity contribution is 5.90. The fraction of sp³-hybridized carbons (Fsp3) is 0.500. The van der Waals surface area contributed by atoms with Crippen LogP contribution in [0.1, 0.15) is 31.9 Å². The van der Waals surface area contributed by atoms with Crippen LogP contribution in [0.2, 0.25) is 0 Å². The SMILES string of the molecule is CC(C)(C)OC(=O)N1CCc2cc(CN=O)ccc21. The molecule has 0 spiro atoms. The predicted octanol–water partition coefficient (Wildman–Crippen LogP) is 3.25. The number of nitrogens with zero attached hydrogens (tertiary/aromatic N) is 2. The van der Waals surface area contributed by atoms with Crippen molar-refractivity contribution in [3.8, 4) is 0 Å². The first kappa shape index (κ1) is 13.5. The number of rotatable bonds is 2. The highest BCUT2D eigenvalue weighted by Crippen LogP contribution is 2.30. The number of carbonyl (C=O) groups excluding carboxylic acids is 1. The fourth-order valence-electron chi connectivity index (χ4n) is 2.13. The van der Waals surface area contributed by atoms with E-state index in [0.717, 1.165) is 23.2 Å². The van der Waals surface area contributed by atoms with E-state index in [1.807, 2.05) is 39.0 Å². The van der Waals surface area contributed by atoms with Crippen molar-refractivity contribution in [3.05, 3.63) is 34.2 Å². The first-order chi connectivity index (χ1) is 8.90. The molecule has 0 aromatic heterocycles. The number of hydrogen-bond donors (Lipinski definition) is 0. The molecular formula is C14H18N2O3. The normalized spacial score (nSPS) is 14.2. The lowest BCUT2D eigenvalue weighted by molar-refractivity contribution is 0.0584. The van der Waals surface area contributed by atoms with Gasteiger partial charge in [-0.25, -0.2) is 4.79 Å². The lowest BCUT2D eigenvalue weighted by Gasteiger charge is -2.24. The van der Waals surface area contributed by atoms with Crippen LogP contribution in [0.15, 0.2) is 23.4 Å². The average Bonchev–Trinajstić information content (AvgIpc) is 2.70. The van der Waals surface area contributed by atoms with Gasteiger partial charge in [-0.05, 0) is 44.4 Å². The molecule has 2 rings (SSSR count). The molecule has 5 nitrogen and oxygen atoms in total. The van der Waals surface area contributed by atoms with Gasteiger partial charge in [-0.2, -0.15) is 4.91 Å². The zero-order valence-electron chi connectivity index (χ0n) is 11.5. The second kappa shape index (κ2) is 4.99. The molecular weight excluding hydrogens is 244 g/mol. The van der Waals surface area contributed by atoms with Crippen molar-refractivity contribution in [1.82, 2.24) is 0 Å². The van der Waals surface area contributed by atoms with Crippen molar-refractivity contribution >= 4 is 11.8 Å². The maximum atomic E-state index is 12.1. The zero-order valence-corrected chi connectivity index (χ0v) is 11.5. The molecule has 1 aromatic rings. The first-order valence-electron chi connectivity index (χ1n) is 6.32. The molecule has 0 saturated carbocycles. The quantitative estimate of drug-likeness (QED) is 0.769. The van der Waals surface area contributed by atoms with Crippen LogP contribution in [0.25, 0.3) is 0 Å². The van der Waals surface area contributed by atoms with Crippen LogP contribution < -0.4 is 4.90 Å². The van der Waals surface area contributed by atoms with E-state index in [1.165, 1.54) is 0 Å². The van der Waals surface area contributed by atoms with E-state index in [1.54, 1.807) is 4.90 Å². The molecule has 0 unspecified atom stereocenters. The molecule has 1 aliphatic heterocycles. The van der Waals surface area contributed by atoms with Crippen LogP contribution in [-0.2, 0) is 17.7 Å². The molecule has 1 heterocycles. The van der Waals surface area contributed by atoms with E-state index in [-0.39, 0.29) is 12.6 Å². The van der Waals surface area contributed by atoms with Crippen LogP contribution in [0, 0.1) is 4.91 Å².